The number of nitrogens with one attached hydrogen (secondary N) is 1. The van der Waals surface area contributed by atoms with Crippen LogP contribution in [0.1, 0.15) is 39.5 Å². The molecule has 2 unspecified atom stereocenters. The molecule has 1 saturated heterocycles. The molecule has 0 spiro atoms. The van der Waals surface area contributed by atoms with E-state index >= 15 is 0 Å². The van der Waals surface area contributed by atoms with Gasteiger partial charge in [-0.15, -0.1) is 0 Å². The summed E-state index contributed by atoms with van der Waals surface area (Å²) in [6.45, 7) is 8.35. The Labute approximate surface area is 88.1 Å². The summed E-state index contributed by atoms with van der Waals surface area (Å²) in [5.41, 5.74) is 0. The first-order valence-electron chi connectivity index (χ1n) is 6.32. The van der Waals surface area contributed by atoms with Gasteiger partial charge in [0.1, 0.15) is 0 Å². The fraction of sp³-hybridized carbons (Fsp3) is 1.00. The van der Waals surface area contributed by atoms with Gasteiger partial charge in [0, 0.05) is 25.2 Å². The van der Waals surface area contributed by atoms with E-state index in [1.165, 1.54) is 45.3 Å². The van der Waals surface area contributed by atoms with Gasteiger partial charge in [-0.3, -0.25) is 4.90 Å². The van der Waals surface area contributed by atoms with Crippen molar-refractivity contribution >= 4 is 0 Å². The molecule has 2 aliphatic rings. The summed E-state index contributed by atoms with van der Waals surface area (Å²) < 4.78 is 0. The van der Waals surface area contributed by atoms with Crippen LogP contribution in [-0.4, -0.2) is 36.6 Å². The lowest BCUT2D eigenvalue weighted by atomic mass is 10.0. The van der Waals surface area contributed by atoms with Crippen molar-refractivity contribution < 1.29 is 0 Å². The molecule has 82 valence electrons. The molecule has 0 radical (unpaired) electrons. The molecule has 2 heteroatoms. The first-order valence-corrected chi connectivity index (χ1v) is 6.32. The van der Waals surface area contributed by atoms with Gasteiger partial charge in [-0.2, -0.15) is 0 Å². The van der Waals surface area contributed by atoms with Crippen molar-refractivity contribution in [3.8, 4) is 0 Å². The van der Waals surface area contributed by atoms with E-state index in [1.807, 2.05) is 0 Å². The van der Waals surface area contributed by atoms with Gasteiger partial charge >= 0.3 is 0 Å². The summed E-state index contributed by atoms with van der Waals surface area (Å²) in [5.74, 6) is 1.02. The standard InChI is InChI=1S/C12H24N2/c1-3-5-11-9-14(4-2)12(8-13-11)10-6-7-10/h10-13H,3-9H2,1-2H3. The third-order valence-electron chi connectivity index (χ3n) is 3.75. The lowest BCUT2D eigenvalue weighted by molar-refractivity contribution is 0.118. The number of hydrogen-bond donors (Lipinski definition) is 1. The molecule has 0 amide bonds. The quantitative estimate of drug-likeness (QED) is 0.738. The number of nitrogens with zero attached hydrogens (tertiary/aromatic N) is 1. The molecule has 0 aromatic carbocycles. The van der Waals surface area contributed by atoms with Gasteiger partial charge < -0.3 is 5.32 Å². The number of rotatable bonds is 4. The summed E-state index contributed by atoms with van der Waals surface area (Å²) in [5, 5.41) is 3.71. The van der Waals surface area contributed by atoms with Crippen LogP contribution in [0.5, 0.6) is 0 Å². The SMILES string of the molecule is CCCC1CN(CC)C(C2CC2)CN1. The molecular weight excluding hydrogens is 172 g/mol. The van der Waals surface area contributed by atoms with Crippen LogP contribution in [0.15, 0.2) is 0 Å². The average molecular weight is 196 g/mol. The van der Waals surface area contributed by atoms with Crippen LogP contribution in [0.3, 0.4) is 0 Å². The molecule has 2 rings (SSSR count). The highest BCUT2D eigenvalue weighted by Gasteiger charge is 2.37. The van der Waals surface area contributed by atoms with E-state index in [0.29, 0.717) is 0 Å². The average Bonchev–Trinajstić information content (AvgIpc) is 3.02. The topological polar surface area (TPSA) is 15.3 Å². The van der Waals surface area contributed by atoms with E-state index in [-0.39, 0.29) is 0 Å². The van der Waals surface area contributed by atoms with E-state index in [2.05, 4.69) is 24.1 Å². The molecule has 1 aliphatic heterocycles. The van der Waals surface area contributed by atoms with E-state index in [1.54, 1.807) is 0 Å². The molecule has 2 fully saturated rings. The van der Waals surface area contributed by atoms with Gasteiger partial charge in [0.15, 0.2) is 0 Å². The van der Waals surface area contributed by atoms with Crippen molar-refractivity contribution in [1.82, 2.24) is 10.2 Å². The summed E-state index contributed by atoms with van der Waals surface area (Å²) in [7, 11) is 0. The van der Waals surface area contributed by atoms with E-state index < -0.39 is 0 Å². The Kier molecular flexibility index (Phi) is 3.45. The van der Waals surface area contributed by atoms with Crippen molar-refractivity contribution in [2.45, 2.75) is 51.6 Å². The number of piperazine rings is 1. The Morgan fingerprint density at radius 3 is 2.64 bits per heavy atom. The van der Waals surface area contributed by atoms with Crippen LogP contribution >= 0.6 is 0 Å². The first-order chi connectivity index (χ1) is 6.85. The zero-order valence-electron chi connectivity index (χ0n) is 9.63. The second-order valence-corrected chi connectivity index (χ2v) is 4.89. The summed E-state index contributed by atoms with van der Waals surface area (Å²) in [6.07, 6.45) is 5.60. The maximum absolute atomic E-state index is 3.71. The highest BCUT2D eigenvalue weighted by molar-refractivity contribution is 4.94. The van der Waals surface area contributed by atoms with Gasteiger partial charge in [0.05, 0.1) is 0 Å². The second kappa shape index (κ2) is 4.63. The lowest BCUT2D eigenvalue weighted by Gasteiger charge is -2.40. The van der Waals surface area contributed by atoms with Crippen LogP contribution in [0.2, 0.25) is 0 Å². The summed E-state index contributed by atoms with van der Waals surface area (Å²) >= 11 is 0. The minimum atomic E-state index is 0.759. The Morgan fingerprint density at radius 1 is 1.29 bits per heavy atom. The van der Waals surface area contributed by atoms with Crippen LogP contribution in [-0.2, 0) is 0 Å². The molecule has 2 atom stereocenters. The van der Waals surface area contributed by atoms with E-state index in [0.717, 1.165) is 18.0 Å². The van der Waals surface area contributed by atoms with Crippen LogP contribution in [0.25, 0.3) is 0 Å². The Bertz CT molecular complexity index is 177. The van der Waals surface area contributed by atoms with Crippen molar-refractivity contribution in [3.63, 3.8) is 0 Å². The minimum Gasteiger partial charge on any atom is -0.311 e. The van der Waals surface area contributed by atoms with Crippen LogP contribution in [0, 0.1) is 5.92 Å². The molecule has 1 N–H and O–H groups in total. The van der Waals surface area contributed by atoms with Gasteiger partial charge in [0.25, 0.3) is 0 Å². The van der Waals surface area contributed by atoms with Crippen LogP contribution < -0.4 is 5.32 Å². The Hall–Kier alpha value is -0.0800. The van der Waals surface area contributed by atoms with Crippen molar-refractivity contribution in [2.24, 2.45) is 5.92 Å². The van der Waals surface area contributed by atoms with Crippen molar-refractivity contribution in [1.29, 1.82) is 0 Å². The number of likely N-dealkylation sites (N-methyl/N-ethyl adjacent to an activating group) is 1. The number of hydrogen-bond acceptors (Lipinski definition) is 2. The lowest BCUT2D eigenvalue weighted by Crippen LogP contribution is -2.57. The predicted molar refractivity (Wildman–Crippen MR) is 60.5 cm³/mol. The Morgan fingerprint density at radius 2 is 2.07 bits per heavy atom. The summed E-state index contributed by atoms with van der Waals surface area (Å²) in [4.78, 5) is 2.70. The zero-order valence-corrected chi connectivity index (χ0v) is 9.63. The highest BCUT2D eigenvalue weighted by Crippen LogP contribution is 2.36. The predicted octanol–water partition coefficient (Wildman–Crippen LogP) is 1.86. The van der Waals surface area contributed by atoms with Crippen LogP contribution in [0.4, 0.5) is 0 Å². The van der Waals surface area contributed by atoms with Gasteiger partial charge in [-0.1, -0.05) is 20.3 Å². The molecule has 1 aliphatic carbocycles. The third-order valence-corrected chi connectivity index (χ3v) is 3.75. The minimum absolute atomic E-state index is 0.759. The third kappa shape index (κ3) is 2.29. The second-order valence-electron chi connectivity index (χ2n) is 4.89. The van der Waals surface area contributed by atoms with Gasteiger partial charge in [0.2, 0.25) is 0 Å². The maximum atomic E-state index is 3.71. The Balaban J connectivity index is 1.85. The first kappa shape index (κ1) is 10.4. The molecule has 2 nitrogen and oxygen atoms in total. The molecule has 0 bridgehead atoms. The molecule has 14 heavy (non-hydrogen) atoms. The van der Waals surface area contributed by atoms with E-state index in [9.17, 15) is 0 Å². The zero-order chi connectivity index (χ0) is 9.97. The molecule has 0 aromatic rings. The molecular formula is C12H24N2. The fourth-order valence-electron chi connectivity index (χ4n) is 2.75. The maximum Gasteiger partial charge on any atom is 0.0249 e. The monoisotopic (exact) mass is 196 g/mol. The van der Waals surface area contributed by atoms with Gasteiger partial charge in [-0.25, -0.2) is 0 Å². The smallest absolute Gasteiger partial charge is 0.0249 e. The summed E-state index contributed by atoms with van der Waals surface area (Å²) in [6, 6.07) is 1.61. The van der Waals surface area contributed by atoms with Crippen molar-refractivity contribution in [3.05, 3.63) is 0 Å². The highest BCUT2D eigenvalue weighted by atomic mass is 15.2. The van der Waals surface area contributed by atoms with E-state index in [4.69, 9.17) is 0 Å². The molecule has 1 heterocycles. The van der Waals surface area contributed by atoms with Gasteiger partial charge in [-0.05, 0) is 31.7 Å². The molecule has 0 aromatic heterocycles. The fourth-order valence-corrected chi connectivity index (χ4v) is 2.75. The largest absolute Gasteiger partial charge is 0.311 e. The molecule has 1 saturated carbocycles. The van der Waals surface area contributed by atoms with Crippen molar-refractivity contribution in [2.75, 3.05) is 19.6 Å². The normalized spacial score (nSPS) is 34.7.